The van der Waals surface area contributed by atoms with Crippen molar-refractivity contribution in [1.82, 2.24) is 25.2 Å². The van der Waals surface area contributed by atoms with Gasteiger partial charge in [-0.25, -0.2) is 4.79 Å². The molecule has 1 aromatic heterocycles. The second-order valence-electron chi connectivity index (χ2n) is 8.42. The molecule has 2 aliphatic heterocycles. The molecule has 0 bridgehead atoms. The smallest absolute Gasteiger partial charge is 0.317 e. The number of carbonyl (C=O) groups is 1. The minimum atomic E-state index is 0.0212. The predicted octanol–water partition coefficient (Wildman–Crippen LogP) is 2.66. The molecule has 2 fully saturated rings. The summed E-state index contributed by atoms with van der Waals surface area (Å²) in [7, 11) is 1.68. The minimum absolute atomic E-state index is 0.0212. The van der Waals surface area contributed by atoms with Gasteiger partial charge in [0.05, 0.1) is 25.4 Å². The summed E-state index contributed by atoms with van der Waals surface area (Å²) in [6.45, 7) is 8.54. The van der Waals surface area contributed by atoms with Crippen LogP contribution in [0.1, 0.15) is 35.9 Å². The van der Waals surface area contributed by atoms with Gasteiger partial charge in [-0.3, -0.25) is 9.80 Å². The summed E-state index contributed by atoms with van der Waals surface area (Å²) in [5.74, 6) is 1.73. The van der Waals surface area contributed by atoms with E-state index in [9.17, 15) is 4.79 Å². The molecule has 2 aliphatic rings. The number of amides is 2. The first-order chi connectivity index (χ1) is 15.1. The van der Waals surface area contributed by atoms with Crippen molar-refractivity contribution in [1.29, 1.82) is 0 Å². The zero-order valence-corrected chi connectivity index (χ0v) is 18.5. The molecule has 1 N–H and O–H groups in total. The van der Waals surface area contributed by atoms with E-state index in [2.05, 4.69) is 32.4 Å². The van der Waals surface area contributed by atoms with Gasteiger partial charge >= 0.3 is 6.03 Å². The molecule has 0 radical (unpaired) electrons. The molecule has 2 amide bonds. The van der Waals surface area contributed by atoms with E-state index in [0.29, 0.717) is 6.54 Å². The molecule has 8 nitrogen and oxygen atoms in total. The molecule has 2 aromatic rings. The molecule has 0 saturated carbocycles. The molecular weight excluding hydrogens is 394 g/mol. The Bertz CT molecular complexity index is 839. The number of aromatic nitrogens is 1. The molecule has 2 saturated heterocycles. The lowest BCUT2D eigenvalue weighted by Gasteiger charge is -2.35. The van der Waals surface area contributed by atoms with Crippen molar-refractivity contribution in [3.63, 3.8) is 0 Å². The van der Waals surface area contributed by atoms with E-state index in [-0.39, 0.29) is 12.1 Å². The zero-order chi connectivity index (χ0) is 21.6. The Hall–Kier alpha value is -2.58. The fourth-order valence-corrected chi connectivity index (χ4v) is 4.45. The van der Waals surface area contributed by atoms with Crippen LogP contribution >= 0.6 is 0 Å². The van der Waals surface area contributed by atoms with E-state index in [1.807, 2.05) is 30.0 Å². The van der Waals surface area contributed by atoms with Crippen molar-refractivity contribution in [2.24, 2.45) is 0 Å². The SMILES string of the molecule is COc1ccc(C(CNC(=O)N2CCN(Cc3cc(C)no3)CC2)N2CCCC2)cc1. The van der Waals surface area contributed by atoms with Gasteiger partial charge in [-0.05, 0) is 50.6 Å². The summed E-state index contributed by atoms with van der Waals surface area (Å²) >= 11 is 0. The molecule has 31 heavy (non-hydrogen) atoms. The molecule has 1 unspecified atom stereocenters. The molecule has 1 atom stereocenters. The third kappa shape index (κ3) is 5.57. The van der Waals surface area contributed by atoms with Crippen LogP contribution < -0.4 is 10.1 Å². The highest BCUT2D eigenvalue weighted by Gasteiger charge is 2.26. The van der Waals surface area contributed by atoms with Crippen LogP contribution in [-0.2, 0) is 6.54 Å². The maximum Gasteiger partial charge on any atom is 0.317 e. The van der Waals surface area contributed by atoms with Crippen LogP contribution in [0.2, 0.25) is 0 Å². The van der Waals surface area contributed by atoms with Crippen LogP contribution in [0.4, 0.5) is 4.79 Å². The average Bonchev–Trinajstić information content (AvgIpc) is 3.47. The number of rotatable bonds is 7. The van der Waals surface area contributed by atoms with Gasteiger partial charge in [-0.2, -0.15) is 0 Å². The number of piperazine rings is 1. The van der Waals surface area contributed by atoms with Crippen LogP contribution in [0.15, 0.2) is 34.9 Å². The van der Waals surface area contributed by atoms with Crippen LogP contribution in [0.25, 0.3) is 0 Å². The van der Waals surface area contributed by atoms with E-state index in [4.69, 9.17) is 9.26 Å². The van der Waals surface area contributed by atoms with Crippen molar-refractivity contribution in [2.75, 3.05) is 52.9 Å². The van der Waals surface area contributed by atoms with Gasteiger partial charge in [0.25, 0.3) is 0 Å². The Morgan fingerprint density at radius 3 is 2.45 bits per heavy atom. The summed E-state index contributed by atoms with van der Waals surface area (Å²) in [5, 5.41) is 7.14. The molecular formula is C23H33N5O3. The molecule has 8 heteroatoms. The summed E-state index contributed by atoms with van der Waals surface area (Å²) in [4.78, 5) is 19.5. The van der Waals surface area contributed by atoms with E-state index in [1.54, 1.807) is 7.11 Å². The average molecular weight is 428 g/mol. The van der Waals surface area contributed by atoms with Gasteiger partial charge in [0.2, 0.25) is 0 Å². The van der Waals surface area contributed by atoms with Crippen molar-refractivity contribution in [3.05, 3.63) is 47.3 Å². The van der Waals surface area contributed by atoms with Crippen molar-refractivity contribution in [3.8, 4) is 5.75 Å². The first kappa shape index (κ1) is 21.6. The van der Waals surface area contributed by atoms with Crippen molar-refractivity contribution < 1.29 is 14.1 Å². The lowest BCUT2D eigenvalue weighted by molar-refractivity contribution is 0.126. The molecule has 168 valence electrons. The highest BCUT2D eigenvalue weighted by atomic mass is 16.5. The molecule has 4 rings (SSSR count). The van der Waals surface area contributed by atoms with Crippen LogP contribution in [0, 0.1) is 6.92 Å². The fourth-order valence-electron chi connectivity index (χ4n) is 4.45. The third-order valence-electron chi connectivity index (χ3n) is 6.24. The summed E-state index contributed by atoms with van der Waals surface area (Å²) in [6, 6.07) is 10.4. The first-order valence-electron chi connectivity index (χ1n) is 11.2. The Labute approximate surface area is 184 Å². The lowest BCUT2D eigenvalue weighted by atomic mass is 10.1. The largest absolute Gasteiger partial charge is 0.497 e. The number of carbonyl (C=O) groups excluding carboxylic acids is 1. The lowest BCUT2D eigenvalue weighted by Crippen LogP contribution is -2.52. The Kier molecular flexibility index (Phi) is 7.09. The number of urea groups is 1. The monoisotopic (exact) mass is 427 g/mol. The summed E-state index contributed by atoms with van der Waals surface area (Å²) in [5.41, 5.74) is 2.12. The van der Waals surface area contributed by atoms with E-state index >= 15 is 0 Å². The molecule has 0 spiro atoms. The zero-order valence-electron chi connectivity index (χ0n) is 18.5. The number of hydrogen-bond acceptors (Lipinski definition) is 6. The summed E-state index contributed by atoms with van der Waals surface area (Å²) in [6.07, 6.45) is 2.43. The van der Waals surface area contributed by atoms with Gasteiger partial charge in [0.1, 0.15) is 5.75 Å². The van der Waals surface area contributed by atoms with Crippen LogP contribution in [-0.4, -0.2) is 78.8 Å². The first-order valence-corrected chi connectivity index (χ1v) is 11.2. The Morgan fingerprint density at radius 1 is 1.13 bits per heavy atom. The van der Waals surface area contributed by atoms with E-state index in [0.717, 1.165) is 63.0 Å². The third-order valence-corrected chi connectivity index (χ3v) is 6.24. The van der Waals surface area contributed by atoms with E-state index in [1.165, 1.54) is 18.4 Å². The van der Waals surface area contributed by atoms with Gasteiger partial charge < -0.3 is 19.5 Å². The number of likely N-dealkylation sites (tertiary alicyclic amines) is 1. The maximum absolute atomic E-state index is 12.8. The van der Waals surface area contributed by atoms with Gasteiger partial charge in [0, 0.05) is 38.8 Å². The Morgan fingerprint density at radius 2 is 1.84 bits per heavy atom. The number of ether oxygens (including phenoxy) is 1. The van der Waals surface area contributed by atoms with E-state index < -0.39 is 0 Å². The minimum Gasteiger partial charge on any atom is -0.497 e. The topological polar surface area (TPSA) is 74.1 Å². The normalized spacial score (nSPS) is 18.8. The quantitative estimate of drug-likeness (QED) is 0.732. The van der Waals surface area contributed by atoms with Crippen LogP contribution in [0.3, 0.4) is 0 Å². The number of hydrogen-bond donors (Lipinski definition) is 1. The number of benzene rings is 1. The Balaban J connectivity index is 1.29. The molecule has 1 aromatic carbocycles. The second-order valence-corrected chi connectivity index (χ2v) is 8.42. The van der Waals surface area contributed by atoms with Gasteiger partial charge in [0.15, 0.2) is 5.76 Å². The predicted molar refractivity (Wildman–Crippen MR) is 118 cm³/mol. The fraction of sp³-hybridized carbons (Fsp3) is 0.565. The number of nitrogens with one attached hydrogen (secondary N) is 1. The number of aryl methyl sites for hydroxylation is 1. The molecule has 0 aliphatic carbocycles. The van der Waals surface area contributed by atoms with Crippen molar-refractivity contribution >= 4 is 6.03 Å². The van der Waals surface area contributed by atoms with Crippen LogP contribution in [0.5, 0.6) is 5.75 Å². The van der Waals surface area contributed by atoms with Gasteiger partial charge in [-0.1, -0.05) is 17.3 Å². The van der Waals surface area contributed by atoms with Crippen molar-refractivity contribution in [2.45, 2.75) is 32.4 Å². The number of nitrogens with zero attached hydrogens (tertiary/aromatic N) is 4. The number of methoxy groups -OCH3 is 1. The highest BCUT2D eigenvalue weighted by Crippen LogP contribution is 2.26. The summed E-state index contributed by atoms with van der Waals surface area (Å²) < 4.78 is 10.6. The standard InChI is InChI=1S/C23H33N5O3/c1-18-15-21(31-25-18)17-26-11-13-28(14-12-26)23(29)24-16-22(27-9-3-4-10-27)19-5-7-20(30-2)8-6-19/h5-8,15,22H,3-4,9-14,16-17H2,1-2H3,(H,24,29). The second kappa shape index (κ2) is 10.2. The molecule has 3 heterocycles. The van der Waals surface area contributed by atoms with Gasteiger partial charge in [-0.15, -0.1) is 0 Å². The highest BCUT2D eigenvalue weighted by molar-refractivity contribution is 5.74. The maximum atomic E-state index is 12.8.